The molecule has 4 nitrogen and oxygen atoms in total. The number of fused-ring (bicyclic) bond motifs is 1. The Balaban J connectivity index is 1.77. The van der Waals surface area contributed by atoms with Gasteiger partial charge in [0.05, 0.1) is 29.3 Å². The summed E-state index contributed by atoms with van der Waals surface area (Å²) in [6.45, 7) is 0.639. The number of unbranched alkanes of at least 4 members (excludes halogenated alkanes) is 3. The Kier molecular flexibility index (Phi) is 5.50. The maximum Gasteiger partial charge on any atom is 0.142 e. The monoisotopic (exact) mass is 383 g/mol. The number of hydrogen-bond donors (Lipinski definition) is 1. The summed E-state index contributed by atoms with van der Waals surface area (Å²) in [4.78, 5) is 8.01. The predicted octanol–water partition coefficient (Wildman–Crippen LogP) is 5.46. The van der Waals surface area contributed by atoms with Crippen molar-refractivity contribution in [2.75, 3.05) is 6.61 Å². The standard InChI is InChI=1S/C19H18BrN3O/c20-14-9-10-18(24-12-6-2-1-5-11-21)15(13-14)19-22-16-7-3-4-8-17(16)23-19/h3-4,7-10,13H,1-2,5-6,12H2,(H,22,23). The second-order valence-corrected chi connectivity index (χ2v) is 6.48. The minimum Gasteiger partial charge on any atom is -0.493 e. The number of para-hydroxylation sites is 2. The third kappa shape index (κ3) is 3.95. The van der Waals surface area contributed by atoms with E-state index in [1.54, 1.807) is 0 Å². The number of ether oxygens (including phenoxy) is 1. The lowest BCUT2D eigenvalue weighted by Crippen LogP contribution is -1.99. The van der Waals surface area contributed by atoms with Crippen molar-refractivity contribution in [2.45, 2.75) is 25.7 Å². The number of nitrogens with one attached hydrogen (secondary N) is 1. The average molecular weight is 384 g/mol. The predicted molar refractivity (Wildman–Crippen MR) is 98.8 cm³/mol. The van der Waals surface area contributed by atoms with Gasteiger partial charge >= 0.3 is 0 Å². The molecule has 3 aromatic rings. The van der Waals surface area contributed by atoms with Gasteiger partial charge in [0.15, 0.2) is 0 Å². The van der Waals surface area contributed by atoms with Crippen LogP contribution in [0, 0.1) is 11.3 Å². The van der Waals surface area contributed by atoms with E-state index in [1.807, 2.05) is 42.5 Å². The van der Waals surface area contributed by atoms with Crippen LogP contribution in [0.4, 0.5) is 0 Å². The third-order valence-electron chi connectivity index (χ3n) is 3.78. The Morgan fingerprint density at radius 1 is 1.12 bits per heavy atom. The van der Waals surface area contributed by atoms with Crippen molar-refractivity contribution in [3.05, 3.63) is 46.9 Å². The number of benzene rings is 2. The SMILES string of the molecule is N#CCCCCCOc1ccc(Br)cc1-c1nc2ccccc2[nH]1. The number of rotatable bonds is 7. The Labute approximate surface area is 149 Å². The van der Waals surface area contributed by atoms with Crippen LogP contribution in [0.25, 0.3) is 22.4 Å². The molecule has 1 N–H and O–H groups in total. The molecule has 5 heteroatoms. The van der Waals surface area contributed by atoms with E-state index >= 15 is 0 Å². The first-order valence-corrected chi connectivity index (χ1v) is 8.81. The summed E-state index contributed by atoms with van der Waals surface area (Å²) in [7, 11) is 0. The van der Waals surface area contributed by atoms with Crippen molar-refractivity contribution in [1.82, 2.24) is 9.97 Å². The van der Waals surface area contributed by atoms with Crippen LogP contribution in [0.15, 0.2) is 46.9 Å². The van der Waals surface area contributed by atoms with E-state index in [2.05, 4.69) is 32.0 Å². The van der Waals surface area contributed by atoms with E-state index in [9.17, 15) is 0 Å². The lowest BCUT2D eigenvalue weighted by Gasteiger charge is -2.10. The molecule has 0 bridgehead atoms. The van der Waals surface area contributed by atoms with Gasteiger partial charge in [0.1, 0.15) is 11.6 Å². The maximum atomic E-state index is 8.55. The van der Waals surface area contributed by atoms with Gasteiger partial charge in [0.2, 0.25) is 0 Å². The first-order valence-electron chi connectivity index (χ1n) is 8.02. The van der Waals surface area contributed by atoms with Crippen molar-refractivity contribution < 1.29 is 4.74 Å². The minimum atomic E-state index is 0.614. The largest absolute Gasteiger partial charge is 0.493 e. The van der Waals surface area contributed by atoms with E-state index in [4.69, 9.17) is 10.00 Å². The molecule has 0 atom stereocenters. The summed E-state index contributed by atoms with van der Waals surface area (Å²) in [6.07, 6.45) is 3.49. The highest BCUT2D eigenvalue weighted by molar-refractivity contribution is 9.10. The van der Waals surface area contributed by atoms with E-state index in [0.717, 1.165) is 51.9 Å². The normalized spacial score (nSPS) is 10.7. The van der Waals surface area contributed by atoms with Crippen LogP contribution in [0.5, 0.6) is 5.75 Å². The summed E-state index contributed by atoms with van der Waals surface area (Å²) >= 11 is 3.52. The zero-order valence-corrected chi connectivity index (χ0v) is 14.8. The van der Waals surface area contributed by atoms with Crippen LogP contribution in [0.1, 0.15) is 25.7 Å². The molecule has 0 unspecified atom stereocenters. The van der Waals surface area contributed by atoms with Gasteiger partial charge in [-0.2, -0.15) is 5.26 Å². The molecular weight excluding hydrogens is 366 g/mol. The summed E-state index contributed by atoms with van der Waals surface area (Å²) in [6, 6.07) is 16.1. The molecule has 122 valence electrons. The van der Waals surface area contributed by atoms with Crippen molar-refractivity contribution >= 4 is 27.0 Å². The van der Waals surface area contributed by atoms with Crippen LogP contribution in [0.2, 0.25) is 0 Å². The quantitative estimate of drug-likeness (QED) is 0.551. The molecule has 0 saturated carbocycles. The lowest BCUT2D eigenvalue weighted by molar-refractivity contribution is 0.306. The van der Waals surface area contributed by atoms with Crippen molar-refractivity contribution in [2.24, 2.45) is 0 Å². The summed E-state index contributed by atoms with van der Waals surface area (Å²) in [5.74, 6) is 1.62. The molecule has 0 spiro atoms. The third-order valence-corrected chi connectivity index (χ3v) is 4.27. The summed E-state index contributed by atoms with van der Waals surface area (Å²) in [5.41, 5.74) is 2.89. The van der Waals surface area contributed by atoms with Crippen molar-refractivity contribution in [3.63, 3.8) is 0 Å². The van der Waals surface area contributed by atoms with Gasteiger partial charge in [0.25, 0.3) is 0 Å². The molecule has 24 heavy (non-hydrogen) atoms. The van der Waals surface area contributed by atoms with Crippen LogP contribution in [0.3, 0.4) is 0 Å². The molecule has 0 amide bonds. The number of imidazole rings is 1. The highest BCUT2D eigenvalue weighted by atomic mass is 79.9. The number of halogens is 1. The molecule has 1 aromatic heterocycles. The van der Waals surface area contributed by atoms with E-state index in [1.165, 1.54) is 0 Å². The Hall–Kier alpha value is -2.32. The Morgan fingerprint density at radius 2 is 2.00 bits per heavy atom. The summed E-state index contributed by atoms with van der Waals surface area (Å²) < 4.78 is 6.94. The molecular formula is C19H18BrN3O. The minimum absolute atomic E-state index is 0.614. The number of aromatic amines is 1. The van der Waals surface area contributed by atoms with Crippen LogP contribution in [-0.2, 0) is 0 Å². The van der Waals surface area contributed by atoms with Gasteiger partial charge in [-0.3, -0.25) is 0 Å². The Bertz CT molecular complexity index is 833. The van der Waals surface area contributed by atoms with Gasteiger partial charge in [-0.15, -0.1) is 0 Å². The van der Waals surface area contributed by atoms with Gasteiger partial charge in [-0.1, -0.05) is 28.1 Å². The molecule has 0 aliphatic carbocycles. The second-order valence-electron chi connectivity index (χ2n) is 5.56. The molecule has 0 radical (unpaired) electrons. The van der Waals surface area contributed by atoms with Gasteiger partial charge < -0.3 is 9.72 Å². The number of nitriles is 1. The Morgan fingerprint density at radius 3 is 2.83 bits per heavy atom. The average Bonchev–Trinajstić information content (AvgIpc) is 3.03. The fourth-order valence-corrected chi connectivity index (χ4v) is 2.92. The topological polar surface area (TPSA) is 61.7 Å². The number of hydrogen-bond acceptors (Lipinski definition) is 3. The molecule has 0 aliphatic heterocycles. The van der Waals surface area contributed by atoms with Crippen LogP contribution >= 0.6 is 15.9 Å². The zero-order valence-electron chi connectivity index (χ0n) is 13.3. The molecule has 0 fully saturated rings. The van der Waals surface area contributed by atoms with Gasteiger partial charge in [-0.25, -0.2) is 4.98 Å². The van der Waals surface area contributed by atoms with Crippen molar-refractivity contribution in [3.8, 4) is 23.2 Å². The van der Waals surface area contributed by atoms with Crippen LogP contribution in [-0.4, -0.2) is 16.6 Å². The molecule has 0 aliphatic rings. The molecule has 3 rings (SSSR count). The smallest absolute Gasteiger partial charge is 0.142 e. The number of nitrogens with zero attached hydrogens (tertiary/aromatic N) is 2. The first kappa shape index (κ1) is 16.5. The highest BCUT2D eigenvalue weighted by Gasteiger charge is 2.11. The molecule has 2 aromatic carbocycles. The molecule has 0 saturated heterocycles. The van der Waals surface area contributed by atoms with Crippen LogP contribution < -0.4 is 4.74 Å². The fourth-order valence-electron chi connectivity index (χ4n) is 2.56. The zero-order chi connectivity index (χ0) is 16.8. The second kappa shape index (κ2) is 7.98. The maximum absolute atomic E-state index is 8.55. The van der Waals surface area contributed by atoms with E-state index in [-0.39, 0.29) is 0 Å². The summed E-state index contributed by atoms with van der Waals surface area (Å²) in [5, 5.41) is 8.55. The lowest BCUT2D eigenvalue weighted by atomic mass is 10.2. The van der Waals surface area contributed by atoms with Gasteiger partial charge in [-0.05, 0) is 49.6 Å². The number of H-pyrrole nitrogens is 1. The van der Waals surface area contributed by atoms with Crippen molar-refractivity contribution in [1.29, 1.82) is 5.26 Å². The number of aromatic nitrogens is 2. The van der Waals surface area contributed by atoms with Gasteiger partial charge in [0, 0.05) is 10.9 Å². The highest BCUT2D eigenvalue weighted by Crippen LogP contribution is 2.32. The fraction of sp³-hybridized carbons (Fsp3) is 0.263. The molecule has 1 heterocycles. The van der Waals surface area contributed by atoms with E-state index in [0.29, 0.717) is 13.0 Å². The first-order chi connectivity index (χ1) is 11.8. The van der Waals surface area contributed by atoms with E-state index < -0.39 is 0 Å².